The highest BCUT2D eigenvalue weighted by molar-refractivity contribution is 8.03. The first kappa shape index (κ1) is 37.9. The highest BCUT2D eigenvalue weighted by Crippen LogP contribution is 2.28. The summed E-state index contributed by atoms with van der Waals surface area (Å²) in [6, 6.07) is 28.4. The number of carbonyl (C=O) groups excluding carboxylic acids is 4. The predicted octanol–water partition coefficient (Wildman–Crippen LogP) is 4.21. The quantitative estimate of drug-likeness (QED) is 0.168. The van der Waals surface area contributed by atoms with Gasteiger partial charge in [-0.1, -0.05) is 103 Å². The molecule has 0 aromatic heterocycles. The molecule has 3 heterocycles. The van der Waals surface area contributed by atoms with Gasteiger partial charge in [-0.05, 0) is 58.2 Å². The minimum absolute atomic E-state index is 0.0371. The van der Waals surface area contributed by atoms with E-state index in [0.717, 1.165) is 28.7 Å². The molecule has 12 heteroatoms. The molecule has 4 aromatic rings. The Morgan fingerprint density at radius 2 is 1.24 bits per heavy atom. The number of allylic oxidation sites excluding steroid dienone is 1. The Morgan fingerprint density at radius 1 is 0.667 bits per heavy atom. The van der Waals surface area contributed by atoms with Crippen LogP contribution in [0.3, 0.4) is 0 Å². The van der Waals surface area contributed by atoms with E-state index >= 15 is 0 Å². The topological polar surface area (TPSA) is 163 Å². The van der Waals surface area contributed by atoms with Gasteiger partial charge in [-0.3, -0.25) is 19.2 Å². The van der Waals surface area contributed by atoms with Gasteiger partial charge < -0.3 is 31.1 Å². The summed E-state index contributed by atoms with van der Waals surface area (Å²) in [5, 5.41) is 23.2. The van der Waals surface area contributed by atoms with Gasteiger partial charge in [0.15, 0.2) is 6.61 Å². The number of carboxylic acid groups (broad SMARTS) is 1. The fraction of sp³-hybridized carbons (Fsp3) is 0.262. The molecule has 0 aliphatic carbocycles. The molecule has 278 valence electrons. The number of benzene rings is 4. The maximum atomic E-state index is 14.3. The molecular formula is C42H42N4O7S. The monoisotopic (exact) mass is 746 g/mol. The van der Waals surface area contributed by atoms with Gasteiger partial charge in [-0.25, -0.2) is 4.79 Å². The van der Waals surface area contributed by atoms with E-state index in [4.69, 9.17) is 4.74 Å². The average molecular weight is 747 g/mol. The van der Waals surface area contributed by atoms with Crippen LogP contribution in [0, 0.1) is 0 Å². The number of hydrogen-bond donors (Lipinski definition) is 5. The second-order valence-electron chi connectivity index (χ2n) is 13.3. The van der Waals surface area contributed by atoms with Crippen molar-refractivity contribution in [3.63, 3.8) is 0 Å². The number of fused-ring (bicyclic) bond motifs is 16. The lowest BCUT2D eigenvalue weighted by molar-refractivity contribution is -0.142. The molecule has 2 bridgehead atoms. The van der Waals surface area contributed by atoms with E-state index in [1.807, 2.05) is 84.3 Å². The SMILES string of the molecule is O=C1COc2ccc(cc2)C[C@@H](C(=O)O)NC(=O)[C@@H](Cc2ccccc2)NC(=O)[C@@H](Cc2ccc(-c3ccccc3)cc2)NC(=O)[C@H](CC2CC=CS2)N1. The molecule has 0 fully saturated rings. The first-order valence-electron chi connectivity index (χ1n) is 17.8. The van der Waals surface area contributed by atoms with Crippen molar-refractivity contribution in [3.8, 4) is 16.9 Å². The highest BCUT2D eigenvalue weighted by Gasteiger charge is 2.33. The smallest absolute Gasteiger partial charge is 0.326 e. The van der Waals surface area contributed by atoms with Crippen molar-refractivity contribution in [2.45, 2.75) is 61.5 Å². The summed E-state index contributed by atoms with van der Waals surface area (Å²) < 4.78 is 5.70. The minimum Gasteiger partial charge on any atom is -0.484 e. The number of nitrogens with one attached hydrogen (secondary N) is 4. The van der Waals surface area contributed by atoms with Crippen LogP contribution in [0.2, 0.25) is 0 Å². The van der Waals surface area contributed by atoms with Crippen molar-refractivity contribution in [1.29, 1.82) is 0 Å². The van der Waals surface area contributed by atoms with Crippen LogP contribution >= 0.6 is 11.8 Å². The lowest BCUT2D eigenvalue weighted by atomic mass is 9.99. The number of hydrogen-bond acceptors (Lipinski definition) is 7. The van der Waals surface area contributed by atoms with Crippen LogP contribution in [0.1, 0.15) is 29.5 Å². The molecular weight excluding hydrogens is 705 g/mol. The van der Waals surface area contributed by atoms with Gasteiger partial charge in [0.1, 0.15) is 29.9 Å². The predicted molar refractivity (Wildman–Crippen MR) is 206 cm³/mol. The molecule has 5 N–H and O–H groups in total. The molecule has 0 spiro atoms. The van der Waals surface area contributed by atoms with Crippen LogP contribution in [0.4, 0.5) is 0 Å². The van der Waals surface area contributed by atoms with Crippen molar-refractivity contribution in [2.75, 3.05) is 6.61 Å². The van der Waals surface area contributed by atoms with Crippen LogP contribution in [0.5, 0.6) is 5.75 Å². The summed E-state index contributed by atoms with van der Waals surface area (Å²) >= 11 is 1.57. The number of rotatable bonds is 8. The zero-order chi connectivity index (χ0) is 37.9. The molecule has 4 aromatic carbocycles. The van der Waals surface area contributed by atoms with Gasteiger partial charge in [-0.15, -0.1) is 11.8 Å². The fourth-order valence-electron chi connectivity index (χ4n) is 6.40. The van der Waals surface area contributed by atoms with E-state index in [-0.39, 0.29) is 31.1 Å². The molecule has 0 radical (unpaired) electrons. The molecule has 0 saturated heterocycles. The molecule has 5 atom stereocenters. The Kier molecular flexibility index (Phi) is 12.8. The van der Waals surface area contributed by atoms with Gasteiger partial charge >= 0.3 is 5.97 Å². The molecule has 11 nitrogen and oxygen atoms in total. The third-order valence-electron chi connectivity index (χ3n) is 9.31. The third-order valence-corrected chi connectivity index (χ3v) is 10.4. The van der Waals surface area contributed by atoms with E-state index in [2.05, 4.69) is 21.3 Å². The Hall–Kier alpha value is -5.88. The maximum absolute atomic E-state index is 14.3. The second-order valence-corrected chi connectivity index (χ2v) is 14.5. The molecule has 4 amide bonds. The van der Waals surface area contributed by atoms with Crippen LogP contribution in [-0.2, 0) is 43.2 Å². The highest BCUT2D eigenvalue weighted by atomic mass is 32.2. The van der Waals surface area contributed by atoms with Gasteiger partial charge in [-0.2, -0.15) is 0 Å². The molecule has 7 rings (SSSR count). The van der Waals surface area contributed by atoms with Crippen molar-refractivity contribution in [3.05, 3.63) is 137 Å². The van der Waals surface area contributed by atoms with Crippen molar-refractivity contribution in [2.24, 2.45) is 0 Å². The molecule has 54 heavy (non-hydrogen) atoms. The van der Waals surface area contributed by atoms with Crippen molar-refractivity contribution in [1.82, 2.24) is 21.3 Å². The van der Waals surface area contributed by atoms with Crippen LogP contribution < -0.4 is 26.0 Å². The van der Waals surface area contributed by atoms with Crippen LogP contribution in [0.15, 0.2) is 121 Å². The molecule has 0 saturated carbocycles. The Labute approximate surface area is 318 Å². The van der Waals surface area contributed by atoms with E-state index in [9.17, 15) is 29.1 Å². The lowest BCUT2D eigenvalue weighted by Gasteiger charge is -2.27. The van der Waals surface area contributed by atoms with E-state index in [0.29, 0.717) is 17.7 Å². The number of ether oxygens (including phenoxy) is 1. The van der Waals surface area contributed by atoms with Crippen molar-refractivity contribution < 1.29 is 33.8 Å². The van der Waals surface area contributed by atoms with Gasteiger partial charge in [0.2, 0.25) is 17.7 Å². The summed E-state index contributed by atoms with van der Waals surface area (Å²) in [6.07, 6.45) is 3.13. The van der Waals surface area contributed by atoms with Crippen LogP contribution in [0.25, 0.3) is 11.1 Å². The summed E-state index contributed by atoms with van der Waals surface area (Å²) in [4.78, 5) is 67.9. The van der Waals surface area contributed by atoms with E-state index < -0.39 is 53.8 Å². The average Bonchev–Trinajstić information content (AvgIpc) is 3.70. The zero-order valence-electron chi connectivity index (χ0n) is 29.5. The molecule has 1 unspecified atom stereocenters. The summed E-state index contributed by atoms with van der Waals surface area (Å²) in [5.74, 6) is -3.29. The van der Waals surface area contributed by atoms with Crippen LogP contribution in [-0.4, -0.2) is 70.7 Å². The van der Waals surface area contributed by atoms with Gasteiger partial charge in [0.25, 0.3) is 5.91 Å². The zero-order valence-corrected chi connectivity index (χ0v) is 30.3. The lowest BCUT2D eigenvalue weighted by Crippen LogP contribution is -2.59. The molecule has 3 aliphatic heterocycles. The second kappa shape index (κ2) is 18.2. The summed E-state index contributed by atoms with van der Waals surface area (Å²) in [5.41, 5.74) is 4.09. The number of carbonyl (C=O) groups is 5. The Morgan fingerprint density at radius 3 is 1.85 bits per heavy atom. The maximum Gasteiger partial charge on any atom is 0.326 e. The van der Waals surface area contributed by atoms with E-state index in [1.54, 1.807) is 48.2 Å². The first-order chi connectivity index (χ1) is 26.2. The van der Waals surface area contributed by atoms with Crippen molar-refractivity contribution >= 4 is 41.4 Å². The number of thioether (sulfide) groups is 1. The number of aliphatic carboxylic acids is 1. The first-order valence-corrected chi connectivity index (χ1v) is 18.8. The minimum atomic E-state index is -1.31. The summed E-state index contributed by atoms with van der Waals surface area (Å²) in [6.45, 7) is -0.369. The Bertz CT molecular complexity index is 1950. The fourth-order valence-corrected chi connectivity index (χ4v) is 7.37. The standard InChI is InChI=1S/C42H42N4O7S/c47-38-26-53-32-19-15-29(16-20-32)24-37(42(51)52)46-40(49)34(22-27-8-3-1-4-9-27)44-39(48)35(45-41(50)36(43-38)25-33-12-7-21-54-33)23-28-13-17-31(18-14-28)30-10-5-2-6-11-30/h1-11,13-21,33-37H,12,22-26H2,(H,43,47)(H,44,48)(H,45,50)(H,46,49)(H,51,52)/t33?,34-,35-,36+,37+/m1/s1. The third kappa shape index (κ3) is 10.6. The van der Waals surface area contributed by atoms with Gasteiger partial charge in [0, 0.05) is 24.5 Å². The van der Waals surface area contributed by atoms with Gasteiger partial charge in [0.05, 0.1) is 0 Å². The normalized spacial score (nSPS) is 22.4. The molecule has 3 aliphatic rings. The summed E-state index contributed by atoms with van der Waals surface area (Å²) in [7, 11) is 0. The number of amides is 4. The number of carboxylic acids is 1. The van der Waals surface area contributed by atoms with E-state index in [1.165, 1.54) is 0 Å². The largest absolute Gasteiger partial charge is 0.484 e. The Balaban J connectivity index is 1.33.